The summed E-state index contributed by atoms with van der Waals surface area (Å²) in [6, 6.07) is 4.78. The summed E-state index contributed by atoms with van der Waals surface area (Å²) in [5.41, 5.74) is 4.08. The minimum atomic E-state index is -0.414. The van der Waals surface area contributed by atoms with Gasteiger partial charge in [0.25, 0.3) is 5.69 Å². The fraction of sp³-hybridized carbons (Fsp3) is 0.500. The molecule has 0 aliphatic carbocycles. The van der Waals surface area contributed by atoms with Crippen molar-refractivity contribution in [2.45, 2.75) is 19.5 Å². The number of hydrazine groups is 1. The number of nitrogen functional groups attached to an aromatic ring is 1. The number of nitrogens with one attached hydrogen (secondary N) is 1. The predicted molar refractivity (Wildman–Crippen MR) is 73.7 cm³/mol. The first kappa shape index (κ1) is 15.4. The van der Waals surface area contributed by atoms with E-state index in [4.69, 9.17) is 10.6 Å². The van der Waals surface area contributed by atoms with E-state index in [1.807, 2.05) is 18.9 Å². The van der Waals surface area contributed by atoms with Crippen LogP contribution >= 0.6 is 0 Å². The summed E-state index contributed by atoms with van der Waals surface area (Å²) in [5, 5.41) is 10.8. The number of nitro benzene ring substituents is 1. The first-order valence-electron chi connectivity index (χ1n) is 5.92. The van der Waals surface area contributed by atoms with E-state index >= 15 is 0 Å². The Bertz CT molecular complexity index is 439. The molecule has 3 N–H and O–H groups in total. The zero-order valence-electron chi connectivity index (χ0n) is 11.4. The highest BCUT2D eigenvalue weighted by Gasteiger charge is 2.15. The largest absolute Gasteiger partial charge is 0.383 e. The van der Waals surface area contributed by atoms with Gasteiger partial charge in [-0.05, 0) is 25.6 Å². The number of methoxy groups -OCH3 is 1. The van der Waals surface area contributed by atoms with Gasteiger partial charge in [0.2, 0.25) is 0 Å². The van der Waals surface area contributed by atoms with Gasteiger partial charge in [-0.25, -0.2) is 0 Å². The van der Waals surface area contributed by atoms with Gasteiger partial charge in [-0.3, -0.25) is 20.9 Å². The number of non-ortho nitro benzene ring substituents is 1. The lowest BCUT2D eigenvalue weighted by Crippen LogP contribution is -2.32. The zero-order valence-corrected chi connectivity index (χ0v) is 11.4. The Labute approximate surface area is 112 Å². The highest BCUT2D eigenvalue weighted by molar-refractivity contribution is 5.55. The molecule has 0 saturated carbocycles. The molecule has 19 heavy (non-hydrogen) atoms. The van der Waals surface area contributed by atoms with Gasteiger partial charge in [0.1, 0.15) is 0 Å². The SMILES string of the molecule is COCC(C)N(C)Cc1cc([N+](=O)[O-])ccc1NN. The van der Waals surface area contributed by atoms with Crippen molar-refractivity contribution >= 4 is 11.4 Å². The normalized spacial score (nSPS) is 12.5. The summed E-state index contributed by atoms with van der Waals surface area (Å²) in [4.78, 5) is 12.4. The molecular formula is C12H20N4O3. The predicted octanol–water partition coefficient (Wildman–Crippen LogP) is 1.35. The maximum atomic E-state index is 10.8. The molecule has 7 nitrogen and oxygen atoms in total. The second-order valence-corrected chi connectivity index (χ2v) is 4.46. The number of benzene rings is 1. The van der Waals surface area contributed by atoms with E-state index in [1.165, 1.54) is 12.1 Å². The molecule has 1 atom stereocenters. The monoisotopic (exact) mass is 268 g/mol. The van der Waals surface area contributed by atoms with Crippen molar-refractivity contribution in [2.24, 2.45) is 5.84 Å². The fourth-order valence-corrected chi connectivity index (χ4v) is 1.76. The van der Waals surface area contributed by atoms with Crippen LogP contribution in [0.5, 0.6) is 0 Å². The summed E-state index contributed by atoms with van der Waals surface area (Å²) in [6.45, 7) is 3.17. The summed E-state index contributed by atoms with van der Waals surface area (Å²) in [6.07, 6.45) is 0. The van der Waals surface area contributed by atoms with Gasteiger partial charge in [0.05, 0.1) is 17.2 Å². The highest BCUT2D eigenvalue weighted by atomic mass is 16.6. The van der Waals surface area contributed by atoms with Crippen LogP contribution in [0.3, 0.4) is 0 Å². The molecular weight excluding hydrogens is 248 g/mol. The van der Waals surface area contributed by atoms with Crippen molar-refractivity contribution in [1.82, 2.24) is 4.90 Å². The third-order valence-electron chi connectivity index (χ3n) is 3.04. The number of anilines is 1. The maximum absolute atomic E-state index is 10.8. The van der Waals surface area contributed by atoms with Crippen molar-refractivity contribution in [1.29, 1.82) is 0 Å². The lowest BCUT2D eigenvalue weighted by atomic mass is 10.1. The second kappa shape index (κ2) is 7.03. The van der Waals surface area contributed by atoms with Crippen molar-refractivity contribution in [3.63, 3.8) is 0 Å². The van der Waals surface area contributed by atoms with Crippen molar-refractivity contribution in [3.05, 3.63) is 33.9 Å². The molecule has 1 rings (SSSR count). The van der Waals surface area contributed by atoms with Gasteiger partial charge in [-0.15, -0.1) is 0 Å². The van der Waals surface area contributed by atoms with Gasteiger partial charge in [-0.2, -0.15) is 0 Å². The summed E-state index contributed by atoms with van der Waals surface area (Å²) in [7, 11) is 3.58. The minimum Gasteiger partial charge on any atom is -0.383 e. The van der Waals surface area contributed by atoms with Gasteiger partial charge in [0, 0.05) is 31.8 Å². The van der Waals surface area contributed by atoms with Crippen LogP contribution in [0.4, 0.5) is 11.4 Å². The van der Waals surface area contributed by atoms with E-state index in [-0.39, 0.29) is 11.7 Å². The standard InChI is InChI=1S/C12H20N4O3/c1-9(8-19-3)15(2)7-10-6-11(16(17)18)4-5-12(10)14-13/h4-6,9,14H,7-8,13H2,1-3H3. The minimum absolute atomic E-state index is 0.0572. The number of nitrogens with two attached hydrogens (primary N) is 1. The Morgan fingerprint density at radius 2 is 2.26 bits per heavy atom. The molecule has 0 aromatic heterocycles. The number of rotatable bonds is 7. The fourth-order valence-electron chi connectivity index (χ4n) is 1.76. The number of hydrogen-bond acceptors (Lipinski definition) is 6. The van der Waals surface area contributed by atoms with E-state index in [1.54, 1.807) is 13.2 Å². The second-order valence-electron chi connectivity index (χ2n) is 4.46. The quantitative estimate of drug-likeness (QED) is 0.440. The molecule has 0 amide bonds. The first-order chi connectivity index (χ1) is 8.99. The molecule has 0 heterocycles. The van der Waals surface area contributed by atoms with Crippen LogP contribution in [0, 0.1) is 10.1 Å². The van der Waals surface area contributed by atoms with Crippen LogP contribution in [0.1, 0.15) is 12.5 Å². The molecule has 1 unspecified atom stereocenters. The summed E-state index contributed by atoms with van der Waals surface area (Å²) in [5.74, 6) is 5.42. The number of hydrogen-bond donors (Lipinski definition) is 2. The van der Waals surface area contributed by atoms with Crippen LogP contribution in [0.25, 0.3) is 0 Å². The van der Waals surface area contributed by atoms with Gasteiger partial charge < -0.3 is 10.2 Å². The van der Waals surface area contributed by atoms with Gasteiger partial charge in [0.15, 0.2) is 0 Å². The first-order valence-corrected chi connectivity index (χ1v) is 5.92. The lowest BCUT2D eigenvalue weighted by Gasteiger charge is -2.24. The van der Waals surface area contributed by atoms with E-state index in [9.17, 15) is 10.1 Å². The summed E-state index contributed by atoms with van der Waals surface area (Å²) < 4.78 is 5.09. The van der Waals surface area contributed by atoms with E-state index in [2.05, 4.69) is 5.43 Å². The molecule has 0 fully saturated rings. The van der Waals surface area contributed by atoms with Crippen LogP contribution in [0.2, 0.25) is 0 Å². The van der Waals surface area contributed by atoms with Crippen LogP contribution in [-0.2, 0) is 11.3 Å². The Kier molecular flexibility index (Phi) is 5.68. The average Bonchev–Trinajstić information content (AvgIpc) is 2.38. The maximum Gasteiger partial charge on any atom is 0.269 e. The Hall–Kier alpha value is -1.70. The van der Waals surface area contributed by atoms with Gasteiger partial charge >= 0.3 is 0 Å². The molecule has 106 valence electrons. The molecule has 0 bridgehead atoms. The number of ether oxygens (including phenoxy) is 1. The molecule has 1 aromatic rings. The van der Waals surface area contributed by atoms with Crippen molar-refractivity contribution < 1.29 is 9.66 Å². The molecule has 0 aliphatic heterocycles. The van der Waals surface area contributed by atoms with Crippen LogP contribution in [-0.4, -0.2) is 36.6 Å². The number of likely N-dealkylation sites (N-methyl/N-ethyl adjacent to an activating group) is 1. The number of nitrogens with zero attached hydrogens (tertiary/aromatic N) is 2. The number of nitro groups is 1. The Balaban J connectivity index is 2.91. The Morgan fingerprint density at radius 1 is 1.58 bits per heavy atom. The van der Waals surface area contributed by atoms with Gasteiger partial charge in [-0.1, -0.05) is 0 Å². The van der Waals surface area contributed by atoms with Crippen molar-refractivity contribution in [2.75, 3.05) is 26.2 Å². The average molecular weight is 268 g/mol. The summed E-state index contributed by atoms with van der Waals surface area (Å²) >= 11 is 0. The van der Waals surface area contributed by atoms with Crippen LogP contribution in [0.15, 0.2) is 18.2 Å². The zero-order chi connectivity index (χ0) is 14.4. The van der Waals surface area contributed by atoms with E-state index in [0.717, 1.165) is 5.56 Å². The smallest absolute Gasteiger partial charge is 0.269 e. The molecule has 1 aromatic carbocycles. The lowest BCUT2D eigenvalue weighted by molar-refractivity contribution is -0.384. The molecule has 7 heteroatoms. The molecule has 0 radical (unpaired) electrons. The third kappa shape index (κ3) is 4.16. The third-order valence-corrected chi connectivity index (χ3v) is 3.04. The molecule has 0 saturated heterocycles. The molecule has 0 aliphatic rings. The van der Waals surface area contributed by atoms with Crippen LogP contribution < -0.4 is 11.3 Å². The topological polar surface area (TPSA) is 93.7 Å². The highest BCUT2D eigenvalue weighted by Crippen LogP contribution is 2.23. The Morgan fingerprint density at radius 3 is 2.79 bits per heavy atom. The van der Waals surface area contributed by atoms with Crippen molar-refractivity contribution in [3.8, 4) is 0 Å². The molecule has 0 spiro atoms. The van der Waals surface area contributed by atoms with E-state index < -0.39 is 4.92 Å². The van der Waals surface area contributed by atoms with E-state index in [0.29, 0.717) is 18.8 Å².